The molecule has 1 heterocycles. The van der Waals surface area contributed by atoms with Gasteiger partial charge in [0.25, 0.3) is 0 Å². The van der Waals surface area contributed by atoms with Crippen LogP contribution in [0.4, 0.5) is 5.69 Å². The average Bonchev–Trinajstić information content (AvgIpc) is 2.69. The van der Waals surface area contributed by atoms with E-state index in [1.807, 2.05) is 18.2 Å². The molecule has 1 saturated heterocycles. The summed E-state index contributed by atoms with van der Waals surface area (Å²) in [4.78, 5) is 4.71. The standard InChI is InChI=1S/C14H22ClN3/c1-17-7-6-11(8-17)9-18(2)10-12-13(15)4-3-5-14(12)16/h3-5,11H,6-10,16H2,1-2H3. The Kier molecular flexibility index (Phi) is 4.49. The van der Waals surface area contributed by atoms with E-state index in [0.717, 1.165) is 35.3 Å². The summed E-state index contributed by atoms with van der Waals surface area (Å²) in [5.41, 5.74) is 7.82. The molecule has 1 aliphatic heterocycles. The molecule has 0 aromatic heterocycles. The van der Waals surface area contributed by atoms with E-state index in [-0.39, 0.29) is 0 Å². The Bertz CT molecular complexity index is 388. The summed E-state index contributed by atoms with van der Waals surface area (Å²) in [5.74, 6) is 0.767. The number of halogens is 1. The summed E-state index contributed by atoms with van der Waals surface area (Å²) < 4.78 is 0. The Morgan fingerprint density at radius 2 is 2.28 bits per heavy atom. The number of nitrogen functional groups attached to an aromatic ring is 1. The third kappa shape index (κ3) is 3.37. The molecular weight excluding hydrogens is 246 g/mol. The lowest BCUT2D eigenvalue weighted by atomic mass is 10.1. The molecule has 0 bridgehead atoms. The molecule has 100 valence electrons. The van der Waals surface area contributed by atoms with Crippen molar-refractivity contribution < 1.29 is 0 Å². The van der Waals surface area contributed by atoms with Crippen LogP contribution in [0.2, 0.25) is 5.02 Å². The monoisotopic (exact) mass is 267 g/mol. The van der Waals surface area contributed by atoms with Crippen LogP contribution in [-0.2, 0) is 6.54 Å². The maximum absolute atomic E-state index is 6.20. The van der Waals surface area contributed by atoms with Crippen molar-refractivity contribution in [3.8, 4) is 0 Å². The van der Waals surface area contributed by atoms with Crippen molar-refractivity contribution in [3.05, 3.63) is 28.8 Å². The highest BCUT2D eigenvalue weighted by molar-refractivity contribution is 6.31. The summed E-state index contributed by atoms with van der Waals surface area (Å²) >= 11 is 6.20. The fourth-order valence-electron chi connectivity index (χ4n) is 2.69. The summed E-state index contributed by atoms with van der Waals surface area (Å²) in [5, 5.41) is 0.769. The van der Waals surface area contributed by atoms with Crippen LogP contribution in [-0.4, -0.2) is 43.5 Å². The van der Waals surface area contributed by atoms with E-state index in [4.69, 9.17) is 17.3 Å². The van der Waals surface area contributed by atoms with Crippen molar-refractivity contribution in [2.45, 2.75) is 13.0 Å². The minimum absolute atomic E-state index is 0.767. The van der Waals surface area contributed by atoms with Gasteiger partial charge in [-0.25, -0.2) is 0 Å². The van der Waals surface area contributed by atoms with Crippen LogP contribution < -0.4 is 5.73 Å². The third-order valence-corrected chi connectivity index (χ3v) is 4.00. The molecule has 1 aromatic carbocycles. The minimum atomic E-state index is 0.767. The number of hydrogen-bond acceptors (Lipinski definition) is 3. The molecule has 1 atom stereocenters. The van der Waals surface area contributed by atoms with E-state index in [1.165, 1.54) is 19.5 Å². The van der Waals surface area contributed by atoms with Crippen LogP contribution in [0.15, 0.2) is 18.2 Å². The van der Waals surface area contributed by atoms with Crippen molar-refractivity contribution in [1.29, 1.82) is 0 Å². The van der Waals surface area contributed by atoms with Gasteiger partial charge in [-0.1, -0.05) is 17.7 Å². The molecule has 0 radical (unpaired) electrons. The number of nitrogens with zero attached hydrogens (tertiary/aromatic N) is 2. The molecule has 1 aliphatic rings. The lowest BCUT2D eigenvalue weighted by Gasteiger charge is -2.22. The summed E-state index contributed by atoms with van der Waals surface area (Å²) in [6.07, 6.45) is 1.29. The van der Waals surface area contributed by atoms with E-state index in [0.29, 0.717) is 0 Å². The fraction of sp³-hybridized carbons (Fsp3) is 0.571. The SMILES string of the molecule is CN1CCC(CN(C)Cc2c(N)cccc2Cl)C1. The highest BCUT2D eigenvalue weighted by atomic mass is 35.5. The van der Waals surface area contributed by atoms with Crippen LogP contribution in [0.3, 0.4) is 0 Å². The summed E-state index contributed by atoms with van der Waals surface area (Å²) in [6, 6.07) is 5.72. The van der Waals surface area contributed by atoms with E-state index < -0.39 is 0 Å². The highest BCUT2D eigenvalue weighted by Crippen LogP contribution is 2.24. The van der Waals surface area contributed by atoms with Gasteiger partial charge < -0.3 is 15.5 Å². The van der Waals surface area contributed by atoms with Gasteiger partial charge in [0.05, 0.1) is 0 Å². The molecule has 1 fully saturated rings. The van der Waals surface area contributed by atoms with Crippen molar-refractivity contribution in [3.63, 3.8) is 0 Å². The first-order chi connectivity index (χ1) is 8.56. The lowest BCUT2D eigenvalue weighted by Crippen LogP contribution is -2.27. The van der Waals surface area contributed by atoms with Gasteiger partial charge in [-0.3, -0.25) is 0 Å². The van der Waals surface area contributed by atoms with Crippen LogP contribution in [0.1, 0.15) is 12.0 Å². The molecule has 0 saturated carbocycles. The average molecular weight is 268 g/mol. The number of nitrogens with two attached hydrogens (primary N) is 1. The second kappa shape index (κ2) is 5.91. The maximum atomic E-state index is 6.20. The second-order valence-electron chi connectivity index (χ2n) is 5.42. The Hall–Kier alpha value is -0.770. The first kappa shape index (κ1) is 13.7. The molecule has 4 heteroatoms. The van der Waals surface area contributed by atoms with Gasteiger partial charge in [0.1, 0.15) is 0 Å². The minimum Gasteiger partial charge on any atom is -0.398 e. The third-order valence-electron chi connectivity index (χ3n) is 3.64. The zero-order chi connectivity index (χ0) is 13.1. The van der Waals surface area contributed by atoms with Gasteiger partial charge in [-0.15, -0.1) is 0 Å². The Balaban J connectivity index is 1.93. The Morgan fingerprint density at radius 1 is 1.50 bits per heavy atom. The first-order valence-corrected chi connectivity index (χ1v) is 6.84. The van der Waals surface area contributed by atoms with Crippen LogP contribution in [0.25, 0.3) is 0 Å². The van der Waals surface area contributed by atoms with Gasteiger partial charge in [0.2, 0.25) is 0 Å². The summed E-state index contributed by atoms with van der Waals surface area (Å²) in [6.45, 7) is 4.34. The van der Waals surface area contributed by atoms with Crippen LogP contribution >= 0.6 is 11.6 Å². The van der Waals surface area contributed by atoms with Crippen LogP contribution in [0, 0.1) is 5.92 Å². The Labute approximate surface area is 115 Å². The molecule has 1 aromatic rings. The zero-order valence-corrected chi connectivity index (χ0v) is 12.0. The lowest BCUT2D eigenvalue weighted by molar-refractivity contribution is 0.267. The number of hydrogen-bond donors (Lipinski definition) is 1. The highest BCUT2D eigenvalue weighted by Gasteiger charge is 2.21. The van der Waals surface area contributed by atoms with Gasteiger partial charge >= 0.3 is 0 Å². The molecule has 0 spiro atoms. The maximum Gasteiger partial charge on any atom is 0.0471 e. The second-order valence-corrected chi connectivity index (χ2v) is 5.83. The van der Waals surface area contributed by atoms with Crippen molar-refractivity contribution in [1.82, 2.24) is 9.80 Å². The van der Waals surface area contributed by atoms with Crippen LogP contribution in [0.5, 0.6) is 0 Å². The van der Waals surface area contributed by atoms with E-state index in [2.05, 4.69) is 23.9 Å². The first-order valence-electron chi connectivity index (χ1n) is 6.46. The van der Waals surface area contributed by atoms with Crippen molar-refractivity contribution >= 4 is 17.3 Å². The summed E-state index contributed by atoms with van der Waals surface area (Å²) in [7, 11) is 4.33. The fourth-order valence-corrected chi connectivity index (χ4v) is 2.93. The molecule has 0 aliphatic carbocycles. The molecule has 1 unspecified atom stereocenters. The van der Waals surface area contributed by atoms with Gasteiger partial charge in [0, 0.05) is 35.9 Å². The predicted octanol–water partition coefficient (Wildman–Crippen LogP) is 2.31. The number of likely N-dealkylation sites (tertiary alicyclic amines) is 1. The number of benzene rings is 1. The van der Waals surface area contributed by atoms with Gasteiger partial charge in [-0.2, -0.15) is 0 Å². The topological polar surface area (TPSA) is 32.5 Å². The molecule has 3 nitrogen and oxygen atoms in total. The molecule has 18 heavy (non-hydrogen) atoms. The number of anilines is 1. The predicted molar refractivity (Wildman–Crippen MR) is 77.8 cm³/mol. The van der Waals surface area contributed by atoms with Gasteiger partial charge in [-0.05, 0) is 45.1 Å². The van der Waals surface area contributed by atoms with Crippen molar-refractivity contribution in [2.24, 2.45) is 5.92 Å². The van der Waals surface area contributed by atoms with E-state index in [9.17, 15) is 0 Å². The molecule has 0 amide bonds. The molecule has 2 rings (SSSR count). The molecular formula is C14H22ClN3. The Morgan fingerprint density at radius 3 is 2.89 bits per heavy atom. The largest absolute Gasteiger partial charge is 0.398 e. The molecule has 2 N–H and O–H groups in total. The number of rotatable bonds is 4. The van der Waals surface area contributed by atoms with E-state index >= 15 is 0 Å². The smallest absolute Gasteiger partial charge is 0.0471 e. The zero-order valence-electron chi connectivity index (χ0n) is 11.2. The van der Waals surface area contributed by atoms with Gasteiger partial charge in [0.15, 0.2) is 0 Å². The normalized spacial score (nSPS) is 20.8. The quantitative estimate of drug-likeness (QED) is 0.850. The van der Waals surface area contributed by atoms with Crippen molar-refractivity contribution in [2.75, 3.05) is 39.5 Å². The van der Waals surface area contributed by atoms with E-state index in [1.54, 1.807) is 0 Å².